The fourth-order valence-corrected chi connectivity index (χ4v) is 7.54. The number of carbonyl (C=O) groups is 1. The molecule has 2 fully saturated rings. The van der Waals surface area contributed by atoms with E-state index in [2.05, 4.69) is 48.8 Å². The summed E-state index contributed by atoms with van der Waals surface area (Å²) in [6.45, 7) is 12.0. The number of ketones is 1. The lowest BCUT2D eigenvalue weighted by atomic mass is 9.80. The molecule has 2 saturated heterocycles. The number of ether oxygens (including phenoxy) is 2. The van der Waals surface area contributed by atoms with Gasteiger partial charge in [0.15, 0.2) is 21.3 Å². The van der Waals surface area contributed by atoms with Gasteiger partial charge in [-0.2, -0.15) is 0 Å². The van der Waals surface area contributed by atoms with E-state index in [0.717, 1.165) is 63.4 Å². The van der Waals surface area contributed by atoms with Gasteiger partial charge in [-0.1, -0.05) is 32.9 Å². The number of rotatable bonds is 8. The molecule has 2 aromatic carbocycles. The highest BCUT2D eigenvalue weighted by Crippen LogP contribution is 2.42. The first-order chi connectivity index (χ1) is 20.0. The zero-order valence-electron chi connectivity index (χ0n) is 26.4. The van der Waals surface area contributed by atoms with Gasteiger partial charge in [-0.25, -0.2) is 8.42 Å². The number of nitrogens with zero attached hydrogens (tertiary/aromatic N) is 2. The molecule has 0 aliphatic carbocycles. The van der Waals surface area contributed by atoms with Crippen LogP contribution in [0.1, 0.15) is 81.5 Å². The highest BCUT2D eigenvalue weighted by molar-refractivity contribution is 7.90. The molecule has 2 aromatic rings. The fraction of sp³-hybridized carbons (Fsp3) is 0.618. The smallest absolute Gasteiger partial charge is 0.175 e. The molecule has 0 amide bonds. The van der Waals surface area contributed by atoms with Crippen molar-refractivity contribution in [1.82, 2.24) is 9.80 Å². The van der Waals surface area contributed by atoms with Gasteiger partial charge >= 0.3 is 0 Å². The molecule has 7 nitrogen and oxygen atoms in total. The summed E-state index contributed by atoms with van der Waals surface area (Å²) in [5.74, 6) is 3.23. The van der Waals surface area contributed by atoms with Gasteiger partial charge in [0, 0.05) is 37.7 Å². The van der Waals surface area contributed by atoms with Crippen molar-refractivity contribution in [3.05, 3.63) is 53.1 Å². The normalized spacial score (nSPS) is 21.7. The van der Waals surface area contributed by atoms with Crippen molar-refractivity contribution in [2.24, 2.45) is 11.8 Å². The SMILES string of the molecule is CCCN1CCC(c2cccc(S(C)(=O)=O)c2)CC1.COc1cc2c(cc1OC)[C@@H]1CC(=O)[C@@H](CC(C)C)CN1CC2. The molecule has 0 spiro atoms. The standard InChI is InChI=1S/C19H27NO3.C15H23NO2S/c1-12(2)7-14-11-20-6-5-13-8-18(22-3)19(23-4)9-15(13)16(20)10-17(14)21;1-3-9-16-10-7-13(8-11-16)14-5-4-6-15(12-14)19(2,17)18/h8-9,12,14,16H,5-7,10-11H2,1-4H3;4-6,12-13H,3,7-11H2,1-2H3/t14-,16-;/m0./s1. The molecule has 0 unspecified atom stereocenters. The average Bonchev–Trinajstić information content (AvgIpc) is 2.97. The summed E-state index contributed by atoms with van der Waals surface area (Å²) in [5.41, 5.74) is 3.71. The van der Waals surface area contributed by atoms with E-state index < -0.39 is 9.84 Å². The van der Waals surface area contributed by atoms with Crippen LogP contribution in [0.3, 0.4) is 0 Å². The first-order valence-electron chi connectivity index (χ1n) is 15.6. The van der Waals surface area contributed by atoms with E-state index in [4.69, 9.17) is 9.47 Å². The van der Waals surface area contributed by atoms with Crippen molar-refractivity contribution < 1.29 is 22.7 Å². The molecule has 0 saturated carbocycles. The highest BCUT2D eigenvalue weighted by Gasteiger charge is 2.38. The third kappa shape index (κ3) is 7.94. The molecule has 232 valence electrons. The van der Waals surface area contributed by atoms with E-state index in [1.165, 1.54) is 35.9 Å². The number of piperidine rings is 2. The van der Waals surface area contributed by atoms with Gasteiger partial charge in [0.1, 0.15) is 5.78 Å². The number of sulfone groups is 1. The van der Waals surface area contributed by atoms with Crippen LogP contribution in [0.5, 0.6) is 11.5 Å². The Hall–Kier alpha value is -2.42. The molecule has 3 aliphatic heterocycles. The van der Waals surface area contributed by atoms with Crippen LogP contribution in [0.4, 0.5) is 0 Å². The molecular formula is C34H50N2O5S. The minimum atomic E-state index is -3.09. The van der Waals surface area contributed by atoms with Crippen molar-refractivity contribution in [3.8, 4) is 11.5 Å². The van der Waals surface area contributed by atoms with E-state index >= 15 is 0 Å². The Labute approximate surface area is 253 Å². The molecule has 3 aliphatic rings. The third-order valence-corrected chi connectivity index (χ3v) is 10.2. The molecule has 0 bridgehead atoms. The Morgan fingerprint density at radius 3 is 2.31 bits per heavy atom. The van der Waals surface area contributed by atoms with Crippen molar-refractivity contribution in [1.29, 1.82) is 0 Å². The highest BCUT2D eigenvalue weighted by atomic mass is 32.2. The van der Waals surface area contributed by atoms with Gasteiger partial charge in [-0.3, -0.25) is 9.69 Å². The first-order valence-corrected chi connectivity index (χ1v) is 17.5. The van der Waals surface area contributed by atoms with Crippen LogP contribution in [-0.2, 0) is 21.1 Å². The van der Waals surface area contributed by atoms with Gasteiger partial charge in [-0.15, -0.1) is 0 Å². The van der Waals surface area contributed by atoms with Crippen LogP contribution in [0.15, 0.2) is 41.3 Å². The van der Waals surface area contributed by atoms with Crippen molar-refractivity contribution >= 4 is 15.6 Å². The summed E-state index contributed by atoms with van der Waals surface area (Å²) in [5, 5.41) is 0. The molecule has 8 heteroatoms. The van der Waals surface area contributed by atoms with Crippen LogP contribution in [0.2, 0.25) is 0 Å². The Kier molecular flexibility index (Phi) is 11.1. The van der Waals surface area contributed by atoms with Crippen LogP contribution < -0.4 is 9.47 Å². The molecule has 0 radical (unpaired) electrons. The average molecular weight is 599 g/mol. The van der Waals surface area contributed by atoms with Crippen LogP contribution in [0, 0.1) is 11.8 Å². The molecule has 0 aromatic heterocycles. The summed E-state index contributed by atoms with van der Waals surface area (Å²) >= 11 is 0. The number of hydrogen-bond acceptors (Lipinski definition) is 7. The first kappa shape index (κ1) is 32.5. The van der Waals surface area contributed by atoms with Crippen LogP contribution in [0.25, 0.3) is 0 Å². The number of hydrogen-bond donors (Lipinski definition) is 0. The van der Waals surface area contributed by atoms with E-state index in [0.29, 0.717) is 28.9 Å². The summed E-state index contributed by atoms with van der Waals surface area (Å²) < 4.78 is 34.1. The maximum absolute atomic E-state index is 12.6. The lowest BCUT2D eigenvalue weighted by Gasteiger charge is -2.43. The Morgan fingerprint density at radius 1 is 1.00 bits per heavy atom. The van der Waals surface area contributed by atoms with E-state index in [9.17, 15) is 13.2 Å². The number of benzene rings is 2. The number of Topliss-reactive ketones (excluding diaryl/α,β-unsaturated/α-hetero) is 1. The molecule has 5 rings (SSSR count). The second-order valence-corrected chi connectivity index (χ2v) is 14.6. The fourth-order valence-electron chi connectivity index (χ4n) is 6.86. The number of methoxy groups -OCH3 is 2. The molecule has 42 heavy (non-hydrogen) atoms. The predicted molar refractivity (Wildman–Crippen MR) is 168 cm³/mol. The molecule has 3 heterocycles. The van der Waals surface area contributed by atoms with Gasteiger partial charge in [0.05, 0.1) is 19.1 Å². The Morgan fingerprint density at radius 2 is 1.69 bits per heavy atom. The van der Waals surface area contributed by atoms with Gasteiger partial charge in [-0.05, 0) is 105 Å². The second-order valence-electron chi connectivity index (χ2n) is 12.6. The van der Waals surface area contributed by atoms with Crippen LogP contribution >= 0.6 is 0 Å². The van der Waals surface area contributed by atoms with Crippen molar-refractivity contribution in [2.45, 2.75) is 76.2 Å². The summed E-state index contributed by atoms with van der Waals surface area (Å²) in [6, 6.07) is 11.8. The van der Waals surface area contributed by atoms with Gasteiger partial charge in [0.25, 0.3) is 0 Å². The molecular weight excluding hydrogens is 548 g/mol. The maximum Gasteiger partial charge on any atom is 0.175 e. The second kappa shape index (κ2) is 14.4. The summed E-state index contributed by atoms with van der Waals surface area (Å²) in [4.78, 5) is 18.0. The summed E-state index contributed by atoms with van der Waals surface area (Å²) in [6.07, 6.45) is 7.38. The Bertz CT molecular complexity index is 1320. The molecule has 2 atom stereocenters. The zero-order chi connectivity index (χ0) is 30.4. The lowest BCUT2D eigenvalue weighted by Crippen LogP contribution is -2.46. The Balaban J connectivity index is 0.000000197. The topological polar surface area (TPSA) is 76.1 Å². The third-order valence-electron chi connectivity index (χ3n) is 9.06. The summed E-state index contributed by atoms with van der Waals surface area (Å²) in [7, 11) is 0.235. The monoisotopic (exact) mass is 598 g/mol. The molecule has 0 N–H and O–H groups in total. The van der Waals surface area contributed by atoms with Crippen LogP contribution in [-0.4, -0.2) is 77.2 Å². The predicted octanol–water partition coefficient (Wildman–Crippen LogP) is 5.92. The van der Waals surface area contributed by atoms with E-state index in [1.54, 1.807) is 20.3 Å². The zero-order valence-corrected chi connectivity index (χ0v) is 27.2. The maximum atomic E-state index is 12.6. The lowest BCUT2D eigenvalue weighted by molar-refractivity contribution is -0.129. The van der Waals surface area contributed by atoms with E-state index in [1.807, 2.05) is 12.1 Å². The van der Waals surface area contributed by atoms with Crippen molar-refractivity contribution in [2.75, 3.05) is 53.2 Å². The number of likely N-dealkylation sites (tertiary alicyclic amines) is 1. The number of fused-ring (bicyclic) bond motifs is 3. The minimum absolute atomic E-state index is 0.202. The van der Waals surface area contributed by atoms with Gasteiger partial charge in [0.2, 0.25) is 0 Å². The largest absolute Gasteiger partial charge is 0.493 e. The van der Waals surface area contributed by atoms with E-state index in [-0.39, 0.29) is 12.0 Å². The minimum Gasteiger partial charge on any atom is -0.493 e. The quantitative estimate of drug-likeness (QED) is 0.374. The number of carbonyl (C=O) groups excluding carboxylic acids is 1. The van der Waals surface area contributed by atoms with Gasteiger partial charge < -0.3 is 14.4 Å². The van der Waals surface area contributed by atoms with Crippen molar-refractivity contribution in [3.63, 3.8) is 0 Å².